The molecule has 2 nitrogen and oxygen atoms in total. The second kappa shape index (κ2) is 9.72. The van der Waals surface area contributed by atoms with Gasteiger partial charge in [-0.15, -0.1) is 0 Å². The molecule has 0 aromatic heterocycles. The van der Waals surface area contributed by atoms with Crippen molar-refractivity contribution in [3.8, 4) is 0 Å². The van der Waals surface area contributed by atoms with Gasteiger partial charge in [-0.05, 0) is 86.0 Å². The Balaban J connectivity index is 1.44. The molecule has 4 heteroatoms. The average Bonchev–Trinajstić information content (AvgIpc) is 3.54. The minimum atomic E-state index is 1.23. The van der Waals surface area contributed by atoms with Gasteiger partial charge in [-0.25, -0.2) is 0 Å². The number of thioether (sulfide) groups is 2. The number of nitrogens with zero attached hydrogens (tertiary/aromatic N) is 2. The summed E-state index contributed by atoms with van der Waals surface area (Å²) in [6, 6.07) is 40.6. The number of anilines is 4. The van der Waals surface area contributed by atoms with Gasteiger partial charge in [0.25, 0.3) is 0 Å². The van der Waals surface area contributed by atoms with Crippen LogP contribution in [0.1, 0.15) is 22.3 Å². The van der Waals surface area contributed by atoms with Gasteiger partial charge in [0.2, 0.25) is 0 Å². The molecule has 2 aliphatic rings. The Labute approximate surface area is 255 Å². The lowest BCUT2D eigenvalue weighted by Gasteiger charge is -2.29. The number of fused-ring (bicyclic) bond motifs is 4. The normalized spacial score (nSPS) is 16.0. The van der Waals surface area contributed by atoms with Gasteiger partial charge in [-0.1, -0.05) is 107 Å². The number of hydrogen-bond donors (Lipinski definition) is 0. The van der Waals surface area contributed by atoms with Crippen LogP contribution in [0.2, 0.25) is 0 Å². The molecule has 0 amide bonds. The molecule has 0 bridgehead atoms. The molecule has 0 spiro atoms. The number of hydrogen-bond acceptors (Lipinski definition) is 4. The standard InChI is InChI=1S/C38H30N2S2/c1-23-13-15-29-27(17-23)19-25(3)21-33(29)39-31-9-5-7-11-35(31)41-37(39)38-40(32-10-6-8-12-36(32)42-38)34-22-26(4)20-28-18-24(2)14-16-30(28)34/h5-22H,1-4H3/b38-37+. The summed E-state index contributed by atoms with van der Waals surface area (Å²) in [6.07, 6.45) is 0. The highest BCUT2D eigenvalue weighted by molar-refractivity contribution is 8.07. The van der Waals surface area contributed by atoms with Crippen LogP contribution in [0, 0.1) is 27.7 Å². The number of aryl methyl sites for hydroxylation is 4. The lowest BCUT2D eigenvalue weighted by atomic mass is 10.0. The van der Waals surface area contributed by atoms with Gasteiger partial charge < -0.3 is 9.80 Å². The predicted molar refractivity (Wildman–Crippen MR) is 183 cm³/mol. The van der Waals surface area contributed by atoms with Crippen molar-refractivity contribution in [2.75, 3.05) is 9.80 Å². The van der Waals surface area contributed by atoms with E-state index in [4.69, 9.17) is 0 Å². The molecule has 0 unspecified atom stereocenters. The largest absolute Gasteiger partial charge is 0.301 e. The Morgan fingerprint density at radius 3 is 1.26 bits per heavy atom. The van der Waals surface area contributed by atoms with E-state index in [1.165, 1.54) is 86.4 Å². The van der Waals surface area contributed by atoms with Crippen LogP contribution in [-0.4, -0.2) is 0 Å². The van der Waals surface area contributed by atoms with Crippen LogP contribution < -0.4 is 9.80 Å². The van der Waals surface area contributed by atoms with Crippen molar-refractivity contribution >= 4 is 67.8 Å². The highest BCUT2D eigenvalue weighted by Gasteiger charge is 2.37. The summed E-state index contributed by atoms with van der Waals surface area (Å²) in [6.45, 7) is 8.77. The summed E-state index contributed by atoms with van der Waals surface area (Å²) in [7, 11) is 0. The predicted octanol–water partition coefficient (Wildman–Crippen LogP) is 11.5. The summed E-state index contributed by atoms with van der Waals surface area (Å²) in [5.74, 6) is 0. The first-order valence-electron chi connectivity index (χ1n) is 14.3. The van der Waals surface area contributed by atoms with Gasteiger partial charge in [-0.2, -0.15) is 0 Å². The van der Waals surface area contributed by atoms with Crippen molar-refractivity contribution in [1.29, 1.82) is 0 Å². The molecule has 0 N–H and O–H groups in total. The summed E-state index contributed by atoms with van der Waals surface area (Å²) in [4.78, 5) is 7.58. The summed E-state index contributed by atoms with van der Waals surface area (Å²) < 4.78 is 0. The van der Waals surface area contributed by atoms with Gasteiger partial charge in [0.1, 0.15) is 10.1 Å². The minimum Gasteiger partial charge on any atom is -0.301 e. The Hall–Kier alpha value is -4.12. The van der Waals surface area contributed by atoms with E-state index in [1.807, 2.05) is 23.5 Å². The third kappa shape index (κ3) is 4.05. The lowest BCUT2D eigenvalue weighted by Crippen LogP contribution is -2.19. The van der Waals surface area contributed by atoms with Crippen molar-refractivity contribution in [3.63, 3.8) is 0 Å². The first-order valence-corrected chi connectivity index (χ1v) is 16.0. The van der Waals surface area contributed by atoms with E-state index < -0.39 is 0 Å². The third-order valence-corrected chi connectivity index (χ3v) is 10.6. The van der Waals surface area contributed by atoms with E-state index in [1.54, 1.807) is 0 Å². The zero-order valence-corrected chi connectivity index (χ0v) is 25.7. The first kappa shape index (κ1) is 25.6. The fourth-order valence-electron chi connectivity index (χ4n) is 6.33. The highest BCUT2D eigenvalue weighted by atomic mass is 32.2. The van der Waals surface area contributed by atoms with Gasteiger partial charge in [0, 0.05) is 20.6 Å². The van der Waals surface area contributed by atoms with E-state index in [2.05, 4.69) is 147 Å². The quantitative estimate of drug-likeness (QED) is 0.201. The van der Waals surface area contributed by atoms with Gasteiger partial charge >= 0.3 is 0 Å². The summed E-state index contributed by atoms with van der Waals surface area (Å²) >= 11 is 3.76. The smallest absolute Gasteiger partial charge is 0.116 e. The molecule has 0 radical (unpaired) electrons. The van der Waals surface area contributed by atoms with Crippen molar-refractivity contribution in [3.05, 3.63) is 142 Å². The molecule has 0 aliphatic carbocycles. The third-order valence-electron chi connectivity index (χ3n) is 8.16. The Kier molecular flexibility index (Phi) is 5.92. The topological polar surface area (TPSA) is 6.48 Å². The lowest BCUT2D eigenvalue weighted by molar-refractivity contribution is 1.19. The van der Waals surface area contributed by atoms with Crippen LogP contribution in [-0.2, 0) is 0 Å². The van der Waals surface area contributed by atoms with Gasteiger partial charge in [0.05, 0.1) is 22.7 Å². The molecule has 0 fully saturated rings. The summed E-state index contributed by atoms with van der Waals surface area (Å²) in [5.41, 5.74) is 10.0. The van der Waals surface area contributed by atoms with E-state index >= 15 is 0 Å². The van der Waals surface area contributed by atoms with E-state index in [0.717, 1.165) is 0 Å². The van der Waals surface area contributed by atoms with Crippen LogP contribution >= 0.6 is 23.5 Å². The Morgan fingerprint density at radius 1 is 0.405 bits per heavy atom. The molecule has 2 aliphatic heterocycles. The molecule has 6 aromatic carbocycles. The van der Waals surface area contributed by atoms with Crippen molar-refractivity contribution in [2.24, 2.45) is 0 Å². The molecule has 0 saturated carbocycles. The van der Waals surface area contributed by atoms with Crippen LogP contribution in [0.25, 0.3) is 21.5 Å². The van der Waals surface area contributed by atoms with Crippen LogP contribution in [0.4, 0.5) is 22.7 Å². The molecule has 0 atom stereocenters. The number of benzene rings is 6. The second-order valence-corrected chi connectivity index (χ2v) is 13.5. The van der Waals surface area contributed by atoms with Gasteiger partial charge in [-0.3, -0.25) is 0 Å². The molecule has 204 valence electrons. The highest BCUT2D eigenvalue weighted by Crippen LogP contribution is 2.59. The molecule has 2 heterocycles. The number of para-hydroxylation sites is 2. The van der Waals surface area contributed by atoms with E-state index in [0.29, 0.717) is 0 Å². The zero-order chi connectivity index (χ0) is 28.5. The molecule has 0 saturated heterocycles. The fraction of sp³-hybridized carbons (Fsp3) is 0.105. The van der Waals surface area contributed by atoms with Gasteiger partial charge in [0.15, 0.2) is 0 Å². The minimum absolute atomic E-state index is 1.23. The van der Waals surface area contributed by atoms with Crippen molar-refractivity contribution in [2.45, 2.75) is 37.5 Å². The average molecular weight is 579 g/mol. The van der Waals surface area contributed by atoms with Crippen LogP contribution in [0.15, 0.2) is 129 Å². The van der Waals surface area contributed by atoms with Crippen molar-refractivity contribution in [1.82, 2.24) is 0 Å². The van der Waals surface area contributed by atoms with Crippen LogP contribution in [0.3, 0.4) is 0 Å². The monoisotopic (exact) mass is 578 g/mol. The van der Waals surface area contributed by atoms with E-state index in [-0.39, 0.29) is 0 Å². The SMILES string of the molecule is Cc1ccc2c(N3/C(=C4\Sc5ccccc5N4c4cc(C)cc5cc(C)ccc45)Sc4ccccc43)cc(C)cc2c1. The molecule has 42 heavy (non-hydrogen) atoms. The molecular weight excluding hydrogens is 549 g/mol. The maximum absolute atomic E-state index is 2.51. The zero-order valence-electron chi connectivity index (χ0n) is 24.1. The first-order chi connectivity index (χ1) is 20.4. The number of rotatable bonds is 2. The second-order valence-electron chi connectivity index (χ2n) is 11.4. The Bertz CT molecular complexity index is 1950. The molecule has 6 aromatic rings. The summed E-state index contributed by atoms with van der Waals surface area (Å²) in [5, 5.41) is 7.58. The van der Waals surface area contributed by atoms with E-state index in [9.17, 15) is 0 Å². The Morgan fingerprint density at radius 2 is 0.810 bits per heavy atom. The molecular formula is C38H30N2S2. The molecule has 8 rings (SSSR count). The maximum Gasteiger partial charge on any atom is 0.116 e. The maximum atomic E-state index is 2.51. The van der Waals surface area contributed by atoms with Crippen molar-refractivity contribution < 1.29 is 0 Å². The fourth-order valence-corrected chi connectivity index (χ4v) is 8.75. The van der Waals surface area contributed by atoms with Crippen LogP contribution in [0.5, 0.6) is 0 Å².